The molecule has 3 aromatic heterocycles. The third kappa shape index (κ3) is 2.62. The molecule has 142 valence electrons. The van der Waals surface area contributed by atoms with E-state index in [2.05, 4.69) is 4.98 Å². The second-order valence-electron chi connectivity index (χ2n) is 7.39. The van der Waals surface area contributed by atoms with Gasteiger partial charge in [0.1, 0.15) is 11.3 Å². The average Bonchev–Trinajstić information content (AvgIpc) is 3.28. The van der Waals surface area contributed by atoms with Crippen molar-refractivity contribution in [2.75, 3.05) is 18.8 Å². The van der Waals surface area contributed by atoms with E-state index in [1.54, 1.807) is 0 Å². The van der Waals surface area contributed by atoms with Crippen LogP contribution in [0.4, 0.5) is 5.69 Å². The molecular formula is C21H22N6O. The van der Waals surface area contributed by atoms with Crippen LogP contribution in [0, 0.1) is 0 Å². The molecule has 2 N–H and O–H groups in total. The minimum absolute atomic E-state index is 0.104. The molecule has 1 aromatic carbocycles. The zero-order valence-electron chi connectivity index (χ0n) is 15.8. The Kier molecular flexibility index (Phi) is 3.82. The van der Waals surface area contributed by atoms with E-state index in [0.717, 1.165) is 53.9 Å². The molecule has 7 nitrogen and oxygen atoms in total. The number of fused-ring (bicyclic) bond motifs is 2. The molecule has 0 unspecified atom stereocenters. The predicted octanol–water partition coefficient (Wildman–Crippen LogP) is 3.10. The lowest BCUT2D eigenvalue weighted by Gasteiger charge is -2.26. The van der Waals surface area contributed by atoms with E-state index in [-0.39, 0.29) is 5.91 Å². The highest BCUT2D eigenvalue weighted by molar-refractivity contribution is 6.01. The summed E-state index contributed by atoms with van der Waals surface area (Å²) in [7, 11) is 1.90. The van der Waals surface area contributed by atoms with Crippen LogP contribution >= 0.6 is 0 Å². The van der Waals surface area contributed by atoms with Crippen LogP contribution in [0.3, 0.4) is 0 Å². The van der Waals surface area contributed by atoms with Gasteiger partial charge in [-0.15, -0.1) is 0 Å². The molecule has 1 fully saturated rings. The molecule has 1 amide bonds. The van der Waals surface area contributed by atoms with E-state index < -0.39 is 0 Å². The van der Waals surface area contributed by atoms with Crippen LogP contribution in [0.2, 0.25) is 0 Å². The number of aromatic nitrogens is 4. The number of amides is 1. The molecule has 1 aliphatic rings. The second kappa shape index (κ2) is 6.37. The molecule has 0 saturated carbocycles. The quantitative estimate of drug-likeness (QED) is 0.585. The highest BCUT2D eigenvalue weighted by Gasteiger charge is 2.21. The van der Waals surface area contributed by atoms with Crippen LogP contribution in [0.25, 0.3) is 27.9 Å². The number of rotatable bonds is 2. The number of carbonyl (C=O) groups excluding carboxylic acids is 1. The summed E-state index contributed by atoms with van der Waals surface area (Å²) in [5.41, 5.74) is 10.8. The van der Waals surface area contributed by atoms with E-state index in [1.165, 1.54) is 6.42 Å². The molecule has 1 aliphatic heterocycles. The standard InChI is InChI=1S/C21H22N6O/c1-25-17-11-14(21(28)26-9-3-2-4-10-26)5-7-16(17)20(24-25)18-12-23-19-8-6-15(22)13-27(18)19/h5-8,11-13H,2-4,9-10,22H2,1H3. The third-order valence-electron chi connectivity index (χ3n) is 5.51. The predicted molar refractivity (Wildman–Crippen MR) is 109 cm³/mol. The summed E-state index contributed by atoms with van der Waals surface area (Å²) in [6, 6.07) is 9.56. The molecule has 0 aliphatic carbocycles. The van der Waals surface area contributed by atoms with Crippen molar-refractivity contribution in [1.82, 2.24) is 24.1 Å². The molecule has 5 rings (SSSR count). The topological polar surface area (TPSA) is 81.5 Å². The Balaban J connectivity index is 1.60. The number of aryl methyl sites for hydroxylation is 1. The first-order valence-electron chi connectivity index (χ1n) is 9.61. The lowest BCUT2D eigenvalue weighted by molar-refractivity contribution is 0.0724. The van der Waals surface area contributed by atoms with E-state index in [4.69, 9.17) is 10.8 Å². The Morgan fingerprint density at radius 1 is 1.11 bits per heavy atom. The maximum atomic E-state index is 12.9. The monoisotopic (exact) mass is 374 g/mol. The van der Waals surface area contributed by atoms with Crippen LogP contribution in [0.1, 0.15) is 29.6 Å². The van der Waals surface area contributed by atoms with Gasteiger partial charge in [-0.25, -0.2) is 4.98 Å². The fraction of sp³-hybridized carbons (Fsp3) is 0.286. The van der Waals surface area contributed by atoms with Crippen LogP contribution in [0.5, 0.6) is 0 Å². The summed E-state index contributed by atoms with van der Waals surface area (Å²) in [6.07, 6.45) is 7.04. The van der Waals surface area contributed by atoms with Gasteiger partial charge < -0.3 is 10.6 Å². The molecular weight excluding hydrogens is 352 g/mol. The Bertz CT molecular complexity index is 1200. The number of nitrogen functional groups attached to an aromatic ring is 1. The van der Waals surface area contributed by atoms with E-state index in [9.17, 15) is 4.79 Å². The van der Waals surface area contributed by atoms with Gasteiger partial charge in [0.15, 0.2) is 0 Å². The van der Waals surface area contributed by atoms with Crippen molar-refractivity contribution in [3.05, 3.63) is 48.3 Å². The van der Waals surface area contributed by atoms with Gasteiger partial charge in [0.05, 0.1) is 17.4 Å². The number of piperidine rings is 1. The van der Waals surface area contributed by atoms with Crippen molar-refractivity contribution in [1.29, 1.82) is 0 Å². The van der Waals surface area contributed by atoms with Gasteiger partial charge in [-0.1, -0.05) is 0 Å². The summed E-state index contributed by atoms with van der Waals surface area (Å²) < 4.78 is 3.77. The van der Waals surface area contributed by atoms with Crippen molar-refractivity contribution in [2.45, 2.75) is 19.3 Å². The highest BCUT2D eigenvalue weighted by atomic mass is 16.2. The number of likely N-dealkylation sites (tertiary alicyclic amines) is 1. The molecule has 4 aromatic rings. The van der Waals surface area contributed by atoms with Gasteiger partial charge in [-0.2, -0.15) is 5.10 Å². The van der Waals surface area contributed by atoms with Gasteiger partial charge in [0, 0.05) is 43.0 Å². The third-order valence-corrected chi connectivity index (χ3v) is 5.51. The average molecular weight is 374 g/mol. The molecule has 4 heterocycles. The number of nitrogens with two attached hydrogens (primary N) is 1. The number of hydrogen-bond acceptors (Lipinski definition) is 4. The number of imidazole rings is 1. The van der Waals surface area contributed by atoms with Gasteiger partial charge in [0.25, 0.3) is 5.91 Å². The number of pyridine rings is 1. The minimum Gasteiger partial charge on any atom is -0.398 e. The number of hydrogen-bond donors (Lipinski definition) is 1. The number of nitrogens with zero attached hydrogens (tertiary/aromatic N) is 5. The zero-order valence-corrected chi connectivity index (χ0v) is 15.8. The molecule has 0 spiro atoms. The summed E-state index contributed by atoms with van der Waals surface area (Å²) in [6.45, 7) is 1.69. The summed E-state index contributed by atoms with van der Waals surface area (Å²) in [5, 5.41) is 5.70. The molecule has 0 bridgehead atoms. The Labute approximate surface area is 162 Å². The molecule has 7 heteroatoms. The largest absolute Gasteiger partial charge is 0.398 e. The second-order valence-corrected chi connectivity index (χ2v) is 7.39. The maximum Gasteiger partial charge on any atom is 0.253 e. The fourth-order valence-corrected chi connectivity index (χ4v) is 4.03. The first kappa shape index (κ1) is 16.8. The van der Waals surface area contributed by atoms with Crippen LogP contribution in [-0.2, 0) is 7.05 Å². The summed E-state index contributed by atoms with van der Waals surface area (Å²) >= 11 is 0. The van der Waals surface area contributed by atoms with Crippen LogP contribution in [-0.4, -0.2) is 43.1 Å². The number of carbonyl (C=O) groups is 1. The molecule has 1 saturated heterocycles. The van der Waals surface area contributed by atoms with Crippen LogP contribution < -0.4 is 5.73 Å². The Morgan fingerprint density at radius 2 is 1.93 bits per heavy atom. The van der Waals surface area contributed by atoms with E-state index in [1.807, 2.05) is 63.8 Å². The van der Waals surface area contributed by atoms with Gasteiger partial charge in [0.2, 0.25) is 0 Å². The summed E-state index contributed by atoms with van der Waals surface area (Å²) in [4.78, 5) is 19.3. The fourth-order valence-electron chi connectivity index (χ4n) is 4.03. The lowest BCUT2D eigenvalue weighted by Crippen LogP contribution is -2.35. The summed E-state index contributed by atoms with van der Waals surface area (Å²) in [5.74, 6) is 0.104. The highest BCUT2D eigenvalue weighted by Crippen LogP contribution is 2.29. The lowest BCUT2D eigenvalue weighted by atomic mass is 10.1. The Morgan fingerprint density at radius 3 is 2.75 bits per heavy atom. The van der Waals surface area contributed by atoms with Crippen LogP contribution in [0.15, 0.2) is 42.7 Å². The zero-order chi connectivity index (χ0) is 19.3. The number of benzene rings is 1. The van der Waals surface area contributed by atoms with Gasteiger partial charge in [-0.05, 0) is 49.6 Å². The van der Waals surface area contributed by atoms with Gasteiger partial charge in [-0.3, -0.25) is 13.9 Å². The molecule has 0 atom stereocenters. The molecule has 0 radical (unpaired) electrons. The van der Waals surface area contributed by atoms with E-state index >= 15 is 0 Å². The van der Waals surface area contributed by atoms with Crippen molar-refractivity contribution >= 4 is 28.1 Å². The first-order valence-corrected chi connectivity index (χ1v) is 9.61. The minimum atomic E-state index is 0.104. The van der Waals surface area contributed by atoms with Crippen molar-refractivity contribution in [3.8, 4) is 11.4 Å². The van der Waals surface area contributed by atoms with Crippen molar-refractivity contribution < 1.29 is 4.79 Å². The first-order chi connectivity index (χ1) is 13.6. The maximum absolute atomic E-state index is 12.9. The molecule has 28 heavy (non-hydrogen) atoms. The van der Waals surface area contributed by atoms with Crippen molar-refractivity contribution in [3.63, 3.8) is 0 Å². The van der Waals surface area contributed by atoms with E-state index in [0.29, 0.717) is 11.3 Å². The van der Waals surface area contributed by atoms with Crippen molar-refractivity contribution in [2.24, 2.45) is 7.05 Å². The Hall–Kier alpha value is -3.35. The smallest absolute Gasteiger partial charge is 0.253 e. The number of anilines is 1. The SMILES string of the molecule is Cn1nc(-c2cnc3ccc(N)cn23)c2ccc(C(=O)N3CCCCC3)cc21. The normalized spacial score (nSPS) is 14.8. The van der Waals surface area contributed by atoms with Gasteiger partial charge >= 0.3 is 0 Å².